The van der Waals surface area contributed by atoms with Gasteiger partial charge in [0, 0.05) is 4.92 Å². The second kappa shape index (κ2) is 2.50. The quantitative estimate of drug-likeness (QED) is 0.388. The number of nitro groups is 2. The summed E-state index contributed by atoms with van der Waals surface area (Å²) in [5.74, 6) is -0.397. The molecule has 0 saturated heterocycles. The van der Waals surface area contributed by atoms with Gasteiger partial charge in [-0.2, -0.15) is 5.43 Å². The lowest BCUT2D eigenvalue weighted by atomic mass is 10.5. The lowest BCUT2D eigenvalue weighted by Gasteiger charge is -1.94. The van der Waals surface area contributed by atoms with E-state index in [1.54, 1.807) is 0 Å². The molecule has 11 heavy (non-hydrogen) atoms. The average molecular weight is 160 g/mol. The molecule has 8 heteroatoms. The molecule has 0 bridgehead atoms. The van der Waals surface area contributed by atoms with Crippen molar-refractivity contribution in [2.75, 3.05) is 0 Å². The number of hydrogen-bond acceptors (Lipinski definition) is 6. The molecule has 1 rings (SSSR count). The first kappa shape index (κ1) is 7.41. The topological polar surface area (TPSA) is 110 Å². The summed E-state index contributed by atoms with van der Waals surface area (Å²) in [6, 6.07) is 0. The van der Waals surface area contributed by atoms with Gasteiger partial charge in [0.25, 0.3) is 0 Å². The molecule has 0 aromatic carbocycles. The molecule has 0 spiro atoms. The first-order valence-corrected chi connectivity index (χ1v) is 2.62. The van der Waals surface area contributed by atoms with Crippen molar-refractivity contribution in [2.24, 2.45) is 0 Å². The normalized spacial score (nSPS) is 22.2. The summed E-state index contributed by atoms with van der Waals surface area (Å²) < 4.78 is 0. The Kier molecular flexibility index (Phi) is 1.68. The highest BCUT2D eigenvalue weighted by molar-refractivity contribution is 4.98. The predicted octanol–water partition coefficient (Wildman–Crippen LogP) is -1.18. The van der Waals surface area contributed by atoms with Gasteiger partial charge in [-0.25, -0.2) is 0 Å². The van der Waals surface area contributed by atoms with Crippen LogP contribution >= 0.6 is 0 Å². The summed E-state index contributed by atoms with van der Waals surface area (Å²) in [5, 5.41) is 20.0. The van der Waals surface area contributed by atoms with Crippen molar-refractivity contribution in [1.29, 1.82) is 0 Å². The molecule has 1 aliphatic rings. The molecule has 0 aliphatic carbocycles. The molecule has 1 aliphatic heterocycles. The van der Waals surface area contributed by atoms with E-state index in [4.69, 9.17) is 0 Å². The zero-order valence-electron chi connectivity index (χ0n) is 5.18. The van der Waals surface area contributed by atoms with Crippen molar-refractivity contribution in [1.82, 2.24) is 10.9 Å². The van der Waals surface area contributed by atoms with Crippen molar-refractivity contribution in [3.05, 3.63) is 32.1 Å². The van der Waals surface area contributed by atoms with E-state index in [-0.39, 0.29) is 0 Å². The minimum Gasteiger partial charge on any atom is -0.358 e. The SMILES string of the molecule is O=[N+]([O-])C1=CC([N+](=O)[O-])NN1. The highest BCUT2D eigenvalue weighted by atomic mass is 16.6. The van der Waals surface area contributed by atoms with Gasteiger partial charge in [-0.3, -0.25) is 10.1 Å². The molecule has 0 saturated carbocycles. The lowest BCUT2D eigenvalue weighted by molar-refractivity contribution is -0.515. The molecule has 0 radical (unpaired) electrons. The van der Waals surface area contributed by atoms with Crippen LogP contribution in [-0.2, 0) is 0 Å². The fourth-order valence-electron chi connectivity index (χ4n) is 0.601. The second-order valence-electron chi connectivity index (χ2n) is 1.81. The Bertz CT molecular complexity index is 235. The summed E-state index contributed by atoms with van der Waals surface area (Å²) in [6.45, 7) is 0. The molecule has 0 aromatic rings. The first-order valence-electron chi connectivity index (χ1n) is 2.62. The number of hydrogen-bond donors (Lipinski definition) is 2. The molecule has 0 amide bonds. The van der Waals surface area contributed by atoms with Gasteiger partial charge in [-0.05, 0) is 4.92 Å². The molecule has 0 fully saturated rings. The molecular formula is C3H4N4O4. The van der Waals surface area contributed by atoms with E-state index in [0.717, 1.165) is 6.08 Å². The van der Waals surface area contributed by atoms with E-state index >= 15 is 0 Å². The number of rotatable bonds is 2. The fraction of sp³-hybridized carbons (Fsp3) is 0.333. The minimum atomic E-state index is -1.21. The first-order chi connectivity index (χ1) is 5.11. The van der Waals surface area contributed by atoms with Gasteiger partial charge in [0.2, 0.25) is 0 Å². The Labute approximate surface area is 60.1 Å². The van der Waals surface area contributed by atoms with Crippen LogP contribution in [0, 0.1) is 20.2 Å². The fourth-order valence-corrected chi connectivity index (χ4v) is 0.601. The maximum absolute atomic E-state index is 10.0. The van der Waals surface area contributed by atoms with Crippen LogP contribution in [0.3, 0.4) is 0 Å². The highest BCUT2D eigenvalue weighted by Crippen LogP contribution is 2.00. The van der Waals surface area contributed by atoms with E-state index in [9.17, 15) is 20.2 Å². The van der Waals surface area contributed by atoms with Gasteiger partial charge >= 0.3 is 12.0 Å². The van der Waals surface area contributed by atoms with Gasteiger partial charge in [0.1, 0.15) is 6.08 Å². The maximum atomic E-state index is 10.0. The highest BCUT2D eigenvalue weighted by Gasteiger charge is 2.30. The Balaban J connectivity index is 2.68. The monoisotopic (exact) mass is 160 g/mol. The molecule has 1 atom stereocenters. The van der Waals surface area contributed by atoms with Crippen molar-refractivity contribution in [3.8, 4) is 0 Å². The van der Waals surface area contributed by atoms with Crippen molar-refractivity contribution in [2.45, 2.75) is 6.17 Å². The third kappa shape index (κ3) is 1.41. The van der Waals surface area contributed by atoms with E-state index in [2.05, 4.69) is 10.9 Å². The molecule has 1 heterocycles. The van der Waals surface area contributed by atoms with Crippen LogP contribution in [-0.4, -0.2) is 16.0 Å². The number of hydrazine groups is 1. The molecule has 60 valence electrons. The van der Waals surface area contributed by atoms with Crippen molar-refractivity contribution in [3.63, 3.8) is 0 Å². The van der Waals surface area contributed by atoms with Crippen LogP contribution in [0.15, 0.2) is 11.9 Å². The van der Waals surface area contributed by atoms with Crippen LogP contribution in [0.1, 0.15) is 0 Å². The number of nitrogens with zero attached hydrogens (tertiary/aromatic N) is 2. The van der Waals surface area contributed by atoms with Crippen molar-refractivity contribution >= 4 is 0 Å². The van der Waals surface area contributed by atoms with Crippen molar-refractivity contribution < 1.29 is 9.85 Å². The summed E-state index contributed by atoms with van der Waals surface area (Å²) in [6.07, 6.45) is -0.324. The van der Waals surface area contributed by atoms with Crippen LogP contribution in [0.25, 0.3) is 0 Å². The lowest BCUT2D eigenvalue weighted by Crippen LogP contribution is -2.37. The Morgan fingerprint density at radius 1 is 1.45 bits per heavy atom. The van der Waals surface area contributed by atoms with Gasteiger partial charge < -0.3 is 10.1 Å². The van der Waals surface area contributed by atoms with Crippen LogP contribution in [0.2, 0.25) is 0 Å². The van der Waals surface area contributed by atoms with Crippen LogP contribution < -0.4 is 10.9 Å². The Hall–Kier alpha value is -1.70. The smallest absolute Gasteiger partial charge is 0.338 e. The predicted molar refractivity (Wildman–Crippen MR) is 32.1 cm³/mol. The summed E-state index contributed by atoms with van der Waals surface area (Å²) >= 11 is 0. The average Bonchev–Trinajstić information content (AvgIpc) is 2.33. The third-order valence-electron chi connectivity index (χ3n) is 1.09. The maximum Gasteiger partial charge on any atom is 0.338 e. The van der Waals surface area contributed by atoms with Gasteiger partial charge in [0.15, 0.2) is 0 Å². The van der Waals surface area contributed by atoms with Crippen LogP contribution in [0.4, 0.5) is 0 Å². The Morgan fingerprint density at radius 2 is 2.09 bits per heavy atom. The zero-order chi connectivity index (χ0) is 8.43. The van der Waals surface area contributed by atoms with E-state index in [0.29, 0.717) is 0 Å². The molecule has 8 nitrogen and oxygen atoms in total. The summed E-state index contributed by atoms with van der Waals surface area (Å²) in [4.78, 5) is 18.6. The largest absolute Gasteiger partial charge is 0.358 e. The minimum absolute atomic E-state index is 0.397. The molecule has 0 aromatic heterocycles. The summed E-state index contributed by atoms with van der Waals surface area (Å²) in [7, 11) is 0. The van der Waals surface area contributed by atoms with E-state index in [1.165, 1.54) is 0 Å². The number of nitrogens with one attached hydrogen (secondary N) is 2. The zero-order valence-corrected chi connectivity index (χ0v) is 5.18. The molecule has 2 N–H and O–H groups in total. The molecular weight excluding hydrogens is 156 g/mol. The Morgan fingerprint density at radius 3 is 2.36 bits per heavy atom. The standard InChI is InChI=1S/C3H4N4O4/c8-6(9)2-1-3(5-4-2)7(10)11/h1-2,4-5H. The van der Waals surface area contributed by atoms with Gasteiger partial charge in [-0.15, -0.1) is 0 Å². The van der Waals surface area contributed by atoms with E-state index < -0.39 is 21.8 Å². The van der Waals surface area contributed by atoms with E-state index in [1.807, 2.05) is 0 Å². The van der Waals surface area contributed by atoms with Gasteiger partial charge in [-0.1, -0.05) is 5.43 Å². The second-order valence-corrected chi connectivity index (χ2v) is 1.81. The summed E-state index contributed by atoms with van der Waals surface area (Å²) in [5.41, 5.74) is 4.16. The van der Waals surface area contributed by atoms with Crippen LogP contribution in [0.5, 0.6) is 0 Å². The van der Waals surface area contributed by atoms with Gasteiger partial charge in [0.05, 0.1) is 0 Å². The third-order valence-corrected chi connectivity index (χ3v) is 1.09. The molecule has 1 unspecified atom stereocenters.